The fourth-order valence-corrected chi connectivity index (χ4v) is 5.73. The van der Waals surface area contributed by atoms with Crippen molar-refractivity contribution in [3.8, 4) is 11.4 Å². The van der Waals surface area contributed by atoms with Crippen LogP contribution in [0.3, 0.4) is 0 Å². The minimum absolute atomic E-state index is 0.0695. The Balaban J connectivity index is 1.14. The molecule has 2 saturated heterocycles. The number of carbonyl (C=O) groups excluding carboxylic acids is 3. The molecule has 3 atom stereocenters. The fourth-order valence-electron chi connectivity index (χ4n) is 5.73. The first-order valence-electron chi connectivity index (χ1n) is 13.3. The molecule has 2 bridgehead atoms. The molecule has 2 fully saturated rings. The molecule has 200 valence electrons. The summed E-state index contributed by atoms with van der Waals surface area (Å²) in [6, 6.07) is 18.3. The zero-order chi connectivity index (χ0) is 27.3. The van der Waals surface area contributed by atoms with Gasteiger partial charge in [-0.2, -0.15) is 0 Å². The van der Waals surface area contributed by atoms with Crippen LogP contribution >= 0.6 is 0 Å². The second-order valence-electron chi connectivity index (χ2n) is 11.5. The fraction of sp³-hybridized carbons (Fsp3) is 0.333. The highest BCUT2D eigenvalue weighted by Crippen LogP contribution is 2.34. The molecule has 3 amide bonds. The predicted octanol–water partition coefficient (Wildman–Crippen LogP) is 3.83. The van der Waals surface area contributed by atoms with Gasteiger partial charge < -0.3 is 25.1 Å². The molecule has 0 spiro atoms. The standard InChI is InChI=1S/C30H32N6O3/c1-30(2,3)25(34-27(37)23-13-19-11-7-8-12-22(19)32-23)29(39)36-17-20-14-21(36)16-35(20)28(38)24-15-31-26(33-24)18-9-5-4-6-10-18/h4-13,15,20-21,25,32H,14,16-17H2,1-3H3,(H,31,33)(H,34,37)/t20-,21-,25+/m0/s1. The topological polar surface area (TPSA) is 114 Å². The molecule has 2 aliphatic heterocycles. The normalized spacial score (nSPS) is 19.5. The van der Waals surface area contributed by atoms with Crippen LogP contribution < -0.4 is 5.32 Å². The Bertz CT molecular complexity index is 1520. The van der Waals surface area contributed by atoms with E-state index in [9.17, 15) is 14.4 Å². The van der Waals surface area contributed by atoms with Crippen LogP contribution in [0, 0.1) is 5.41 Å². The summed E-state index contributed by atoms with van der Waals surface area (Å²) in [5.74, 6) is 0.121. The Morgan fingerprint density at radius 1 is 0.923 bits per heavy atom. The average molecular weight is 525 g/mol. The van der Waals surface area contributed by atoms with Crippen LogP contribution in [0.25, 0.3) is 22.3 Å². The summed E-state index contributed by atoms with van der Waals surface area (Å²) in [6.45, 7) is 6.76. The second kappa shape index (κ2) is 9.41. The van der Waals surface area contributed by atoms with Crippen molar-refractivity contribution in [1.82, 2.24) is 30.1 Å². The maximum Gasteiger partial charge on any atom is 0.272 e. The number of hydrogen-bond acceptors (Lipinski definition) is 4. The molecule has 0 aliphatic carbocycles. The van der Waals surface area contributed by atoms with Crippen molar-refractivity contribution in [1.29, 1.82) is 0 Å². The van der Waals surface area contributed by atoms with Crippen molar-refractivity contribution >= 4 is 28.6 Å². The van der Waals surface area contributed by atoms with Crippen molar-refractivity contribution in [3.05, 3.63) is 78.2 Å². The molecule has 3 N–H and O–H groups in total. The molecule has 2 aromatic carbocycles. The lowest BCUT2D eigenvalue weighted by molar-refractivity contribution is -0.138. The molecule has 0 saturated carbocycles. The zero-order valence-corrected chi connectivity index (χ0v) is 22.3. The quantitative estimate of drug-likeness (QED) is 0.368. The Morgan fingerprint density at radius 3 is 2.31 bits per heavy atom. The Kier molecular flexibility index (Phi) is 6.01. The van der Waals surface area contributed by atoms with Gasteiger partial charge in [-0.1, -0.05) is 69.3 Å². The molecule has 9 nitrogen and oxygen atoms in total. The lowest BCUT2D eigenvalue weighted by atomic mass is 9.85. The summed E-state index contributed by atoms with van der Waals surface area (Å²) >= 11 is 0. The number of piperazine rings is 1. The van der Waals surface area contributed by atoms with Crippen LogP contribution in [0.5, 0.6) is 0 Å². The number of H-pyrrole nitrogens is 2. The number of rotatable bonds is 5. The van der Waals surface area contributed by atoms with Crippen LogP contribution in [-0.2, 0) is 4.79 Å². The van der Waals surface area contributed by atoms with E-state index < -0.39 is 11.5 Å². The van der Waals surface area contributed by atoms with Crippen LogP contribution in [0.2, 0.25) is 0 Å². The Hall–Kier alpha value is -4.40. The molecule has 4 aromatic rings. The van der Waals surface area contributed by atoms with Crippen molar-refractivity contribution in [3.63, 3.8) is 0 Å². The van der Waals surface area contributed by atoms with Crippen LogP contribution in [0.4, 0.5) is 0 Å². The third-order valence-corrected chi connectivity index (χ3v) is 7.80. The molecular weight excluding hydrogens is 492 g/mol. The lowest BCUT2D eigenvalue weighted by Gasteiger charge is -2.39. The van der Waals surface area contributed by atoms with Crippen molar-refractivity contribution in [2.45, 2.75) is 45.3 Å². The number of hydrogen-bond donors (Lipinski definition) is 3. The number of aromatic amines is 2. The molecule has 2 aromatic heterocycles. The van der Waals surface area contributed by atoms with E-state index >= 15 is 0 Å². The number of nitrogens with one attached hydrogen (secondary N) is 3. The number of aromatic nitrogens is 3. The number of likely N-dealkylation sites (tertiary alicyclic amines) is 2. The first kappa shape index (κ1) is 24.9. The van der Waals surface area contributed by atoms with E-state index in [1.165, 1.54) is 0 Å². The number of fused-ring (bicyclic) bond motifs is 3. The smallest absolute Gasteiger partial charge is 0.272 e. The number of amides is 3. The summed E-state index contributed by atoms with van der Waals surface area (Å²) in [5.41, 5.74) is 2.15. The van der Waals surface area contributed by atoms with Gasteiger partial charge in [-0.05, 0) is 24.0 Å². The van der Waals surface area contributed by atoms with Gasteiger partial charge in [0.25, 0.3) is 11.8 Å². The van der Waals surface area contributed by atoms with Gasteiger partial charge in [0.2, 0.25) is 5.91 Å². The highest BCUT2D eigenvalue weighted by atomic mass is 16.2. The first-order chi connectivity index (χ1) is 18.7. The zero-order valence-electron chi connectivity index (χ0n) is 22.3. The molecule has 0 radical (unpaired) electrons. The van der Waals surface area contributed by atoms with E-state index in [1.54, 1.807) is 12.3 Å². The predicted molar refractivity (Wildman–Crippen MR) is 148 cm³/mol. The van der Waals surface area contributed by atoms with E-state index in [1.807, 2.05) is 85.2 Å². The molecule has 39 heavy (non-hydrogen) atoms. The molecule has 6 rings (SSSR count). The van der Waals surface area contributed by atoms with Gasteiger partial charge in [-0.3, -0.25) is 14.4 Å². The van der Waals surface area contributed by atoms with Gasteiger partial charge in [-0.25, -0.2) is 4.98 Å². The van der Waals surface area contributed by atoms with Crippen molar-refractivity contribution in [2.75, 3.05) is 13.1 Å². The number of imidazole rings is 1. The van der Waals surface area contributed by atoms with Gasteiger partial charge in [0.1, 0.15) is 23.3 Å². The van der Waals surface area contributed by atoms with Gasteiger partial charge in [0.05, 0.1) is 18.3 Å². The van der Waals surface area contributed by atoms with E-state index in [2.05, 4.69) is 20.3 Å². The van der Waals surface area contributed by atoms with Gasteiger partial charge in [-0.15, -0.1) is 0 Å². The van der Waals surface area contributed by atoms with Gasteiger partial charge in [0.15, 0.2) is 0 Å². The number of benzene rings is 2. The Labute approximate surface area is 226 Å². The lowest BCUT2D eigenvalue weighted by Crippen LogP contribution is -2.59. The van der Waals surface area contributed by atoms with Gasteiger partial charge >= 0.3 is 0 Å². The Morgan fingerprint density at radius 2 is 1.62 bits per heavy atom. The maximum atomic E-state index is 13.8. The highest BCUT2D eigenvalue weighted by molar-refractivity contribution is 6.00. The third kappa shape index (κ3) is 4.58. The van der Waals surface area contributed by atoms with Crippen molar-refractivity contribution in [2.24, 2.45) is 5.41 Å². The van der Waals surface area contributed by atoms with Crippen molar-refractivity contribution < 1.29 is 14.4 Å². The highest BCUT2D eigenvalue weighted by Gasteiger charge is 2.50. The largest absolute Gasteiger partial charge is 0.351 e. The summed E-state index contributed by atoms with van der Waals surface area (Å²) < 4.78 is 0. The summed E-state index contributed by atoms with van der Waals surface area (Å²) in [7, 11) is 0. The molecule has 0 unspecified atom stereocenters. The number of carbonyl (C=O) groups is 3. The number of nitrogens with zero attached hydrogens (tertiary/aromatic N) is 3. The van der Waals surface area contributed by atoms with Crippen LogP contribution in [-0.4, -0.2) is 73.7 Å². The summed E-state index contributed by atoms with van der Waals surface area (Å²) in [6.07, 6.45) is 2.30. The monoisotopic (exact) mass is 524 g/mol. The summed E-state index contributed by atoms with van der Waals surface area (Å²) in [4.78, 5) is 54.7. The minimum Gasteiger partial charge on any atom is -0.351 e. The second-order valence-corrected chi connectivity index (χ2v) is 11.5. The third-order valence-electron chi connectivity index (χ3n) is 7.80. The van der Waals surface area contributed by atoms with E-state index in [0.717, 1.165) is 22.9 Å². The van der Waals surface area contributed by atoms with Crippen LogP contribution in [0.15, 0.2) is 66.9 Å². The van der Waals surface area contributed by atoms with Crippen LogP contribution in [0.1, 0.15) is 48.2 Å². The van der Waals surface area contributed by atoms with E-state index in [4.69, 9.17) is 0 Å². The molecule has 9 heteroatoms. The maximum absolute atomic E-state index is 13.8. The average Bonchev–Trinajstić information content (AvgIpc) is 3.73. The molecule has 4 heterocycles. The minimum atomic E-state index is -0.707. The van der Waals surface area contributed by atoms with Gasteiger partial charge in [0, 0.05) is 29.6 Å². The van der Waals surface area contributed by atoms with E-state index in [0.29, 0.717) is 30.3 Å². The molecule has 2 aliphatic rings. The number of para-hydroxylation sites is 1. The van der Waals surface area contributed by atoms with E-state index in [-0.39, 0.29) is 29.8 Å². The SMILES string of the molecule is CC(C)(C)[C@H](NC(=O)c1cc2ccccc2[nH]1)C(=O)N1C[C@@H]2C[C@H]1CN2C(=O)c1cnc(-c2ccccc2)[nH]1. The summed E-state index contributed by atoms with van der Waals surface area (Å²) in [5, 5.41) is 3.93. The first-order valence-corrected chi connectivity index (χ1v) is 13.3. The molecular formula is C30H32N6O3.